The third-order valence-corrected chi connectivity index (χ3v) is 3.92. The average molecular weight is 347 g/mol. The molecular weight excluding hydrogens is 326 g/mol. The number of rotatable bonds is 5. The fourth-order valence-electron chi connectivity index (χ4n) is 2.70. The quantitative estimate of drug-likeness (QED) is 0.594. The maximum Gasteiger partial charge on any atom is 0.159 e. The van der Waals surface area contributed by atoms with E-state index in [9.17, 15) is 4.79 Å². The monoisotopic (exact) mass is 347 g/mol. The number of nitrogen functional groups attached to an aromatic ring is 1. The lowest BCUT2D eigenvalue weighted by Gasteiger charge is -2.13. The second-order valence-electron chi connectivity index (χ2n) is 6.24. The van der Waals surface area contributed by atoms with Gasteiger partial charge in [0.1, 0.15) is 12.0 Å². The Balaban J connectivity index is 1.83. The van der Waals surface area contributed by atoms with E-state index >= 15 is 0 Å². The summed E-state index contributed by atoms with van der Waals surface area (Å²) in [7, 11) is 0. The zero-order valence-corrected chi connectivity index (χ0v) is 15.0. The van der Waals surface area contributed by atoms with E-state index in [0.29, 0.717) is 22.9 Å². The predicted octanol–water partition coefficient (Wildman–Crippen LogP) is 4.37. The van der Waals surface area contributed by atoms with Crippen LogP contribution in [0.4, 0.5) is 28.7 Å². The first kappa shape index (κ1) is 17.4. The number of carbonyl (C=O) groups is 1. The molecule has 0 saturated heterocycles. The standard InChI is InChI=1S/C20H21N5O/c1-12-8-13(2)10-17(9-12)25-20-18(21)19(22-11-23-20)24-16-6-4-15(5-7-16)14(3)26/h4-11H,21H2,1-3H3,(H2,22,23,24,25). The molecule has 0 amide bonds. The number of benzene rings is 2. The molecule has 6 nitrogen and oxygen atoms in total. The number of ketones is 1. The minimum absolute atomic E-state index is 0.0260. The first-order chi connectivity index (χ1) is 12.4. The van der Waals surface area contributed by atoms with E-state index in [4.69, 9.17) is 5.73 Å². The molecule has 132 valence electrons. The molecule has 0 aliphatic carbocycles. The lowest BCUT2D eigenvalue weighted by atomic mass is 10.1. The maximum absolute atomic E-state index is 11.4. The van der Waals surface area contributed by atoms with E-state index in [-0.39, 0.29) is 5.78 Å². The third-order valence-electron chi connectivity index (χ3n) is 3.92. The van der Waals surface area contributed by atoms with E-state index < -0.39 is 0 Å². The van der Waals surface area contributed by atoms with Gasteiger partial charge in [0.15, 0.2) is 17.4 Å². The first-order valence-electron chi connectivity index (χ1n) is 8.26. The van der Waals surface area contributed by atoms with Crippen molar-refractivity contribution in [1.29, 1.82) is 0 Å². The van der Waals surface area contributed by atoms with Crippen molar-refractivity contribution in [2.45, 2.75) is 20.8 Å². The highest BCUT2D eigenvalue weighted by Crippen LogP contribution is 2.28. The zero-order valence-electron chi connectivity index (χ0n) is 15.0. The molecule has 0 fully saturated rings. The van der Waals surface area contributed by atoms with Crippen molar-refractivity contribution >= 4 is 34.5 Å². The molecule has 26 heavy (non-hydrogen) atoms. The Morgan fingerprint density at radius 1 is 0.885 bits per heavy atom. The first-order valence-corrected chi connectivity index (χ1v) is 8.26. The minimum Gasteiger partial charge on any atom is -0.393 e. The summed E-state index contributed by atoms with van der Waals surface area (Å²) in [6.07, 6.45) is 1.45. The normalized spacial score (nSPS) is 10.4. The SMILES string of the molecule is CC(=O)c1ccc(Nc2ncnc(Nc3cc(C)cc(C)c3)c2N)cc1. The van der Waals surface area contributed by atoms with Crippen molar-refractivity contribution in [3.05, 3.63) is 65.5 Å². The van der Waals surface area contributed by atoms with Crippen LogP contribution < -0.4 is 16.4 Å². The third kappa shape index (κ3) is 3.97. The van der Waals surface area contributed by atoms with E-state index in [1.807, 2.05) is 38.1 Å². The smallest absolute Gasteiger partial charge is 0.159 e. The van der Waals surface area contributed by atoms with Crippen molar-refractivity contribution in [3.63, 3.8) is 0 Å². The van der Waals surface area contributed by atoms with Gasteiger partial charge in [-0.3, -0.25) is 4.79 Å². The summed E-state index contributed by atoms with van der Waals surface area (Å²) in [5.41, 5.74) is 11.3. The number of aromatic nitrogens is 2. The van der Waals surface area contributed by atoms with Gasteiger partial charge in [-0.25, -0.2) is 9.97 Å². The number of nitrogens with one attached hydrogen (secondary N) is 2. The van der Waals surface area contributed by atoms with Crippen LogP contribution in [0.5, 0.6) is 0 Å². The molecule has 3 rings (SSSR count). The summed E-state index contributed by atoms with van der Waals surface area (Å²) >= 11 is 0. The second kappa shape index (κ2) is 7.23. The van der Waals surface area contributed by atoms with E-state index in [1.54, 1.807) is 12.1 Å². The lowest BCUT2D eigenvalue weighted by Crippen LogP contribution is -2.05. The van der Waals surface area contributed by atoms with Crippen LogP contribution in [0, 0.1) is 13.8 Å². The Morgan fingerprint density at radius 2 is 1.42 bits per heavy atom. The molecule has 3 aromatic rings. The Morgan fingerprint density at radius 3 is 1.96 bits per heavy atom. The Bertz CT molecular complexity index is 931. The van der Waals surface area contributed by atoms with Crippen LogP contribution in [0.15, 0.2) is 48.8 Å². The van der Waals surface area contributed by atoms with Gasteiger partial charge < -0.3 is 16.4 Å². The van der Waals surface area contributed by atoms with Crippen molar-refractivity contribution in [1.82, 2.24) is 9.97 Å². The van der Waals surface area contributed by atoms with Gasteiger partial charge in [-0.05, 0) is 68.3 Å². The van der Waals surface area contributed by atoms with Crippen LogP contribution in [0.2, 0.25) is 0 Å². The number of Topliss-reactive ketones (excluding diaryl/α,β-unsaturated/α-hetero) is 1. The van der Waals surface area contributed by atoms with Gasteiger partial charge in [-0.1, -0.05) is 6.07 Å². The molecule has 0 aliphatic heterocycles. The molecule has 0 bridgehead atoms. The molecule has 0 atom stereocenters. The molecule has 0 unspecified atom stereocenters. The molecule has 4 N–H and O–H groups in total. The van der Waals surface area contributed by atoms with Gasteiger partial charge in [0.05, 0.1) is 0 Å². The Hall–Kier alpha value is -3.41. The summed E-state index contributed by atoms with van der Waals surface area (Å²) in [6.45, 7) is 5.62. The summed E-state index contributed by atoms with van der Waals surface area (Å²) < 4.78 is 0. The maximum atomic E-state index is 11.4. The largest absolute Gasteiger partial charge is 0.393 e. The van der Waals surface area contributed by atoms with E-state index in [2.05, 4.69) is 26.7 Å². The molecule has 1 aromatic heterocycles. The molecule has 0 radical (unpaired) electrons. The lowest BCUT2D eigenvalue weighted by molar-refractivity contribution is 0.101. The van der Waals surface area contributed by atoms with Gasteiger partial charge in [-0.2, -0.15) is 0 Å². The molecule has 0 spiro atoms. The van der Waals surface area contributed by atoms with Crippen LogP contribution in [-0.2, 0) is 0 Å². The van der Waals surface area contributed by atoms with E-state index in [0.717, 1.165) is 22.5 Å². The molecule has 6 heteroatoms. The number of aryl methyl sites for hydroxylation is 2. The van der Waals surface area contributed by atoms with Gasteiger partial charge in [0.2, 0.25) is 0 Å². The van der Waals surface area contributed by atoms with Crippen molar-refractivity contribution in [2.24, 2.45) is 0 Å². The number of nitrogens with two attached hydrogens (primary N) is 1. The van der Waals surface area contributed by atoms with Crippen molar-refractivity contribution < 1.29 is 4.79 Å². The topological polar surface area (TPSA) is 92.9 Å². The van der Waals surface area contributed by atoms with Crippen molar-refractivity contribution in [3.8, 4) is 0 Å². The zero-order chi connectivity index (χ0) is 18.7. The van der Waals surface area contributed by atoms with Gasteiger partial charge in [-0.15, -0.1) is 0 Å². The number of hydrogen-bond donors (Lipinski definition) is 3. The number of anilines is 5. The summed E-state index contributed by atoms with van der Waals surface area (Å²) in [4.78, 5) is 19.8. The summed E-state index contributed by atoms with van der Waals surface area (Å²) in [6, 6.07) is 13.3. The van der Waals surface area contributed by atoms with E-state index in [1.165, 1.54) is 13.3 Å². The van der Waals surface area contributed by atoms with Gasteiger partial charge in [0, 0.05) is 16.9 Å². The average Bonchev–Trinajstić information content (AvgIpc) is 2.58. The molecular formula is C20H21N5O. The highest BCUT2D eigenvalue weighted by atomic mass is 16.1. The molecule has 0 saturated carbocycles. The highest BCUT2D eigenvalue weighted by Gasteiger charge is 2.09. The van der Waals surface area contributed by atoms with Crippen LogP contribution >= 0.6 is 0 Å². The molecule has 1 heterocycles. The Labute approximate surface area is 152 Å². The van der Waals surface area contributed by atoms with Crippen LogP contribution in [0.1, 0.15) is 28.4 Å². The molecule has 2 aromatic carbocycles. The fourth-order valence-corrected chi connectivity index (χ4v) is 2.70. The number of carbonyl (C=O) groups excluding carboxylic acids is 1. The summed E-state index contributed by atoms with van der Waals surface area (Å²) in [5.74, 6) is 1.06. The predicted molar refractivity (Wildman–Crippen MR) is 105 cm³/mol. The molecule has 0 aliphatic rings. The van der Waals surface area contributed by atoms with Gasteiger partial charge in [0.25, 0.3) is 0 Å². The minimum atomic E-state index is 0.0260. The van der Waals surface area contributed by atoms with Crippen LogP contribution in [0.3, 0.4) is 0 Å². The van der Waals surface area contributed by atoms with Gasteiger partial charge >= 0.3 is 0 Å². The Kier molecular flexibility index (Phi) is 4.84. The fraction of sp³-hybridized carbons (Fsp3) is 0.150. The second-order valence-corrected chi connectivity index (χ2v) is 6.24. The number of nitrogens with zero attached hydrogens (tertiary/aromatic N) is 2. The highest BCUT2D eigenvalue weighted by molar-refractivity contribution is 5.94. The van der Waals surface area contributed by atoms with Crippen LogP contribution in [0.25, 0.3) is 0 Å². The van der Waals surface area contributed by atoms with Crippen LogP contribution in [-0.4, -0.2) is 15.8 Å². The number of hydrogen-bond acceptors (Lipinski definition) is 6. The van der Waals surface area contributed by atoms with Crippen molar-refractivity contribution in [2.75, 3.05) is 16.4 Å². The summed E-state index contributed by atoms with van der Waals surface area (Å²) in [5, 5.41) is 6.40.